The Morgan fingerprint density at radius 1 is 0.962 bits per heavy atom. The molecule has 8 heteroatoms. The predicted octanol–water partition coefficient (Wildman–Crippen LogP) is 4.14. The Morgan fingerprint density at radius 2 is 1.58 bits per heavy atom. The number of aromatic nitrogens is 3. The highest BCUT2D eigenvalue weighted by molar-refractivity contribution is 6.30. The maximum atomic E-state index is 11.4. The number of carbonyl (C=O) groups excluding carboxylic acids is 1. The lowest BCUT2D eigenvalue weighted by molar-refractivity contribution is -0.111. The normalized spacial score (nSPS) is 10.0. The molecular formula is C18H15ClN6O. The molecule has 2 aromatic carbocycles. The third-order valence-electron chi connectivity index (χ3n) is 3.22. The molecule has 0 atom stereocenters. The highest BCUT2D eigenvalue weighted by atomic mass is 35.5. The van der Waals surface area contributed by atoms with Crippen molar-refractivity contribution in [3.05, 3.63) is 72.5 Å². The monoisotopic (exact) mass is 366 g/mol. The number of amides is 1. The Kier molecular flexibility index (Phi) is 5.40. The third kappa shape index (κ3) is 4.78. The molecule has 3 rings (SSSR count). The average Bonchev–Trinajstić information content (AvgIpc) is 2.62. The molecule has 130 valence electrons. The molecule has 0 spiro atoms. The van der Waals surface area contributed by atoms with E-state index < -0.39 is 0 Å². The number of anilines is 5. The van der Waals surface area contributed by atoms with Gasteiger partial charge in [0.05, 0.1) is 0 Å². The SMILES string of the molecule is C=CC(=O)Nc1cccc(Nc2ncnc(Nc3cccc(Cl)c3)n2)c1. The lowest BCUT2D eigenvalue weighted by Crippen LogP contribution is -2.07. The second-order valence-electron chi connectivity index (χ2n) is 5.17. The molecule has 1 amide bonds. The fraction of sp³-hybridized carbons (Fsp3) is 0. The molecule has 0 bridgehead atoms. The summed E-state index contributed by atoms with van der Waals surface area (Å²) in [6.45, 7) is 3.43. The molecular weight excluding hydrogens is 352 g/mol. The van der Waals surface area contributed by atoms with Crippen LogP contribution < -0.4 is 16.0 Å². The van der Waals surface area contributed by atoms with E-state index in [1.165, 1.54) is 12.4 Å². The fourth-order valence-electron chi connectivity index (χ4n) is 2.11. The summed E-state index contributed by atoms with van der Waals surface area (Å²) in [5.74, 6) is 0.452. The van der Waals surface area contributed by atoms with Crippen LogP contribution in [0.5, 0.6) is 0 Å². The van der Waals surface area contributed by atoms with E-state index in [2.05, 4.69) is 37.5 Å². The topological polar surface area (TPSA) is 91.8 Å². The number of hydrogen-bond donors (Lipinski definition) is 3. The summed E-state index contributed by atoms with van der Waals surface area (Å²) >= 11 is 5.97. The molecule has 3 N–H and O–H groups in total. The molecule has 3 aromatic rings. The van der Waals surface area contributed by atoms with Crippen molar-refractivity contribution < 1.29 is 4.79 Å². The quantitative estimate of drug-likeness (QED) is 0.568. The van der Waals surface area contributed by atoms with Crippen molar-refractivity contribution in [1.82, 2.24) is 15.0 Å². The first kappa shape index (κ1) is 17.4. The standard InChI is InChI=1S/C18H15ClN6O/c1-2-16(26)22-14-7-4-8-15(10-14)24-18-21-11-20-17(25-18)23-13-6-3-5-12(19)9-13/h2-11H,1H2,(H,22,26)(H2,20,21,23,24,25). The van der Waals surface area contributed by atoms with Crippen LogP contribution in [0, 0.1) is 0 Å². The van der Waals surface area contributed by atoms with Gasteiger partial charge < -0.3 is 16.0 Å². The van der Waals surface area contributed by atoms with Crippen molar-refractivity contribution in [3.63, 3.8) is 0 Å². The van der Waals surface area contributed by atoms with E-state index in [1.807, 2.05) is 18.2 Å². The van der Waals surface area contributed by atoms with Crippen molar-refractivity contribution in [1.29, 1.82) is 0 Å². The van der Waals surface area contributed by atoms with Gasteiger partial charge in [-0.15, -0.1) is 0 Å². The highest BCUT2D eigenvalue weighted by Gasteiger charge is 2.04. The Hall–Kier alpha value is -3.45. The van der Waals surface area contributed by atoms with Gasteiger partial charge in [0.25, 0.3) is 0 Å². The van der Waals surface area contributed by atoms with Crippen molar-refractivity contribution >= 4 is 46.5 Å². The van der Waals surface area contributed by atoms with Gasteiger partial charge >= 0.3 is 0 Å². The van der Waals surface area contributed by atoms with Crippen LogP contribution in [0.15, 0.2) is 67.5 Å². The second-order valence-corrected chi connectivity index (χ2v) is 5.60. The molecule has 0 unspecified atom stereocenters. The summed E-state index contributed by atoms with van der Waals surface area (Å²) in [5, 5.41) is 9.43. The molecule has 26 heavy (non-hydrogen) atoms. The van der Waals surface area contributed by atoms with Crippen molar-refractivity contribution in [2.75, 3.05) is 16.0 Å². The van der Waals surface area contributed by atoms with Gasteiger partial charge in [-0.05, 0) is 42.5 Å². The van der Waals surface area contributed by atoms with Crippen LogP contribution in [-0.4, -0.2) is 20.9 Å². The maximum absolute atomic E-state index is 11.4. The second kappa shape index (κ2) is 8.09. The smallest absolute Gasteiger partial charge is 0.247 e. The van der Waals surface area contributed by atoms with E-state index in [0.717, 1.165) is 5.69 Å². The molecule has 1 heterocycles. The zero-order chi connectivity index (χ0) is 18.4. The number of nitrogens with zero attached hydrogens (tertiary/aromatic N) is 3. The van der Waals surface area contributed by atoms with Crippen LogP contribution in [0.3, 0.4) is 0 Å². The number of nitrogens with one attached hydrogen (secondary N) is 3. The Balaban J connectivity index is 1.73. The number of carbonyl (C=O) groups is 1. The highest BCUT2D eigenvalue weighted by Crippen LogP contribution is 2.20. The first-order chi connectivity index (χ1) is 12.6. The minimum atomic E-state index is -0.282. The van der Waals surface area contributed by atoms with E-state index in [1.54, 1.807) is 30.3 Å². The van der Waals surface area contributed by atoms with Crippen LogP contribution in [0.2, 0.25) is 5.02 Å². The Bertz CT molecular complexity index is 946. The van der Waals surface area contributed by atoms with Crippen LogP contribution in [0.4, 0.5) is 29.0 Å². The molecule has 0 saturated heterocycles. The van der Waals surface area contributed by atoms with E-state index >= 15 is 0 Å². The molecule has 0 aliphatic carbocycles. The van der Waals surface area contributed by atoms with Gasteiger partial charge in [-0.1, -0.05) is 30.3 Å². The molecule has 1 aromatic heterocycles. The molecule has 0 radical (unpaired) electrons. The third-order valence-corrected chi connectivity index (χ3v) is 3.46. The predicted molar refractivity (Wildman–Crippen MR) is 103 cm³/mol. The number of rotatable bonds is 6. The number of benzene rings is 2. The van der Waals surface area contributed by atoms with E-state index in [0.29, 0.717) is 28.3 Å². The Morgan fingerprint density at radius 3 is 2.23 bits per heavy atom. The summed E-state index contributed by atoms with van der Waals surface area (Å²) in [7, 11) is 0. The number of halogens is 1. The van der Waals surface area contributed by atoms with Crippen LogP contribution in [0.25, 0.3) is 0 Å². The molecule has 0 aliphatic heterocycles. The summed E-state index contributed by atoms with van der Waals surface area (Å²) < 4.78 is 0. The summed E-state index contributed by atoms with van der Waals surface area (Å²) in [6.07, 6.45) is 2.60. The summed E-state index contributed by atoms with van der Waals surface area (Å²) in [6, 6.07) is 14.4. The minimum absolute atomic E-state index is 0.282. The first-order valence-corrected chi connectivity index (χ1v) is 8.02. The van der Waals surface area contributed by atoms with Gasteiger partial charge in [-0.2, -0.15) is 4.98 Å². The zero-order valence-electron chi connectivity index (χ0n) is 13.6. The van der Waals surface area contributed by atoms with Crippen molar-refractivity contribution in [2.45, 2.75) is 0 Å². The largest absolute Gasteiger partial charge is 0.324 e. The van der Waals surface area contributed by atoms with E-state index in [4.69, 9.17) is 11.6 Å². The van der Waals surface area contributed by atoms with Gasteiger partial charge in [0.1, 0.15) is 6.33 Å². The van der Waals surface area contributed by atoms with Crippen LogP contribution in [-0.2, 0) is 4.79 Å². The summed E-state index contributed by atoms with van der Waals surface area (Å²) in [4.78, 5) is 23.9. The van der Waals surface area contributed by atoms with E-state index in [9.17, 15) is 4.79 Å². The lowest BCUT2D eigenvalue weighted by Gasteiger charge is -2.09. The van der Waals surface area contributed by atoms with Crippen molar-refractivity contribution in [3.8, 4) is 0 Å². The molecule has 0 aliphatic rings. The van der Waals surface area contributed by atoms with Gasteiger partial charge in [-0.3, -0.25) is 4.79 Å². The molecule has 0 saturated carbocycles. The first-order valence-electron chi connectivity index (χ1n) is 7.64. The lowest BCUT2D eigenvalue weighted by atomic mass is 10.2. The average molecular weight is 367 g/mol. The number of hydrogen-bond acceptors (Lipinski definition) is 6. The summed E-state index contributed by atoms with van der Waals surface area (Å²) in [5.41, 5.74) is 2.11. The van der Waals surface area contributed by atoms with Crippen LogP contribution >= 0.6 is 11.6 Å². The van der Waals surface area contributed by atoms with Gasteiger partial charge in [0.15, 0.2) is 0 Å². The van der Waals surface area contributed by atoms with E-state index in [-0.39, 0.29) is 5.91 Å². The zero-order valence-corrected chi connectivity index (χ0v) is 14.4. The van der Waals surface area contributed by atoms with Gasteiger partial charge in [0.2, 0.25) is 17.8 Å². The molecule has 0 fully saturated rings. The molecule has 7 nitrogen and oxygen atoms in total. The van der Waals surface area contributed by atoms with Gasteiger partial charge in [0, 0.05) is 22.1 Å². The minimum Gasteiger partial charge on any atom is -0.324 e. The fourth-order valence-corrected chi connectivity index (χ4v) is 2.30. The maximum Gasteiger partial charge on any atom is 0.247 e. The van der Waals surface area contributed by atoms with Gasteiger partial charge in [-0.25, -0.2) is 9.97 Å². The van der Waals surface area contributed by atoms with Crippen molar-refractivity contribution in [2.24, 2.45) is 0 Å². The van der Waals surface area contributed by atoms with Crippen LogP contribution in [0.1, 0.15) is 0 Å². The Labute approximate surface area is 155 Å².